The Morgan fingerprint density at radius 2 is 1.88 bits per heavy atom. The zero-order chi connectivity index (χ0) is 11.4. The summed E-state index contributed by atoms with van der Waals surface area (Å²) in [6.07, 6.45) is 4.68. The highest BCUT2D eigenvalue weighted by atomic mass is 16.2. The molecule has 1 amide bonds. The Morgan fingerprint density at radius 1 is 1.19 bits per heavy atom. The van der Waals surface area contributed by atoms with E-state index in [1.165, 1.54) is 12.8 Å². The van der Waals surface area contributed by atoms with Crippen LogP contribution in [-0.2, 0) is 4.79 Å². The third kappa shape index (κ3) is 3.76. The molecule has 1 aliphatic heterocycles. The van der Waals surface area contributed by atoms with Gasteiger partial charge in [0.2, 0.25) is 5.91 Å². The van der Waals surface area contributed by atoms with Gasteiger partial charge in [-0.05, 0) is 32.2 Å². The number of hydrogen-bond donors (Lipinski definition) is 2. The van der Waals surface area contributed by atoms with Crippen molar-refractivity contribution in [2.45, 2.75) is 44.7 Å². The van der Waals surface area contributed by atoms with Crippen molar-refractivity contribution in [2.75, 3.05) is 26.2 Å². The van der Waals surface area contributed by atoms with Crippen LogP contribution >= 0.6 is 0 Å². The second-order valence-electron chi connectivity index (χ2n) is 4.93. The molecule has 2 fully saturated rings. The fraction of sp³-hybridized carbons (Fsp3) is 0.917. The van der Waals surface area contributed by atoms with E-state index in [0.29, 0.717) is 18.6 Å². The van der Waals surface area contributed by atoms with Gasteiger partial charge in [-0.1, -0.05) is 6.92 Å². The second-order valence-corrected chi connectivity index (χ2v) is 4.93. The predicted octanol–water partition coefficient (Wildman–Crippen LogP) is 0.339. The summed E-state index contributed by atoms with van der Waals surface area (Å²) < 4.78 is 0. The molecule has 1 saturated heterocycles. The number of nitrogens with one attached hydrogen (secondary N) is 2. The van der Waals surface area contributed by atoms with Gasteiger partial charge < -0.3 is 15.5 Å². The number of likely N-dealkylation sites (tertiary alicyclic amines) is 1. The number of nitrogens with zero attached hydrogens (tertiary/aromatic N) is 1. The van der Waals surface area contributed by atoms with Gasteiger partial charge in [0.05, 0.1) is 6.54 Å². The average Bonchev–Trinajstić information content (AvgIpc) is 3.11. The van der Waals surface area contributed by atoms with Crippen LogP contribution in [0.25, 0.3) is 0 Å². The zero-order valence-electron chi connectivity index (χ0n) is 10.2. The fourth-order valence-electron chi connectivity index (χ4n) is 2.20. The number of carbonyl (C=O) groups excluding carboxylic acids is 1. The average molecular weight is 225 g/mol. The van der Waals surface area contributed by atoms with Crippen molar-refractivity contribution >= 4 is 5.91 Å². The van der Waals surface area contributed by atoms with Gasteiger partial charge in [0, 0.05) is 25.2 Å². The molecule has 0 atom stereocenters. The lowest BCUT2D eigenvalue weighted by atomic mass is 10.1. The van der Waals surface area contributed by atoms with E-state index in [1.807, 2.05) is 0 Å². The van der Waals surface area contributed by atoms with Crippen LogP contribution in [0.15, 0.2) is 0 Å². The predicted molar refractivity (Wildman–Crippen MR) is 64.3 cm³/mol. The number of carbonyl (C=O) groups is 1. The van der Waals surface area contributed by atoms with E-state index >= 15 is 0 Å². The minimum absolute atomic E-state index is 0.168. The number of amides is 1. The molecule has 1 aliphatic carbocycles. The highest BCUT2D eigenvalue weighted by Gasteiger charge is 2.23. The third-order valence-electron chi connectivity index (χ3n) is 3.53. The minimum atomic E-state index is 0.168. The van der Waals surface area contributed by atoms with Crippen LogP contribution < -0.4 is 10.6 Å². The number of piperidine rings is 1. The third-order valence-corrected chi connectivity index (χ3v) is 3.53. The molecule has 2 aliphatic rings. The molecule has 92 valence electrons. The van der Waals surface area contributed by atoms with Crippen molar-refractivity contribution in [1.82, 2.24) is 15.5 Å². The zero-order valence-corrected chi connectivity index (χ0v) is 10.2. The largest absolute Gasteiger partial charge is 0.352 e. The van der Waals surface area contributed by atoms with E-state index in [2.05, 4.69) is 22.5 Å². The van der Waals surface area contributed by atoms with Gasteiger partial charge in [-0.3, -0.25) is 4.79 Å². The lowest BCUT2D eigenvalue weighted by Gasteiger charge is -2.31. The monoisotopic (exact) mass is 225 g/mol. The molecule has 16 heavy (non-hydrogen) atoms. The van der Waals surface area contributed by atoms with E-state index in [1.54, 1.807) is 0 Å². The van der Waals surface area contributed by atoms with Crippen molar-refractivity contribution in [3.05, 3.63) is 0 Å². The number of rotatable bonds is 5. The highest BCUT2D eigenvalue weighted by Crippen LogP contribution is 2.18. The normalized spacial score (nSPS) is 23.3. The van der Waals surface area contributed by atoms with Crippen LogP contribution in [0.4, 0.5) is 0 Å². The summed E-state index contributed by atoms with van der Waals surface area (Å²) >= 11 is 0. The Hall–Kier alpha value is -0.610. The van der Waals surface area contributed by atoms with Crippen molar-refractivity contribution in [3.8, 4) is 0 Å². The summed E-state index contributed by atoms with van der Waals surface area (Å²) in [7, 11) is 0. The van der Waals surface area contributed by atoms with E-state index in [-0.39, 0.29) is 5.91 Å². The van der Waals surface area contributed by atoms with Gasteiger partial charge in [0.1, 0.15) is 0 Å². The topological polar surface area (TPSA) is 44.4 Å². The smallest absolute Gasteiger partial charge is 0.234 e. The van der Waals surface area contributed by atoms with Crippen LogP contribution in [0.2, 0.25) is 0 Å². The summed E-state index contributed by atoms with van der Waals surface area (Å²) in [5.74, 6) is 0.168. The molecular weight excluding hydrogens is 202 g/mol. The Balaban J connectivity index is 1.59. The molecule has 0 bridgehead atoms. The van der Waals surface area contributed by atoms with E-state index in [9.17, 15) is 4.79 Å². The summed E-state index contributed by atoms with van der Waals surface area (Å²) in [5, 5.41) is 6.36. The maximum absolute atomic E-state index is 11.6. The van der Waals surface area contributed by atoms with Gasteiger partial charge >= 0.3 is 0 Å². The molecule has 0 unspecified atom stereocenters. The van der Waals surface area contributed by atoms with Crippen LogP contribution in [0.3, 0.4) is 0 Å². The van der Waals surface area contributed by atoms with Crippen LogP contribution in [0.5, 0.6) is 0 Å². The molecule has 2 rings (SSSR count). The van der Waals surface area contributed by atoms with Crippen molar-refractivity contribution in [1.29, 1.82) is 0 Å². The molecule has 0 aromatic carbocycles. The van der Waals surface area contributed by atoms with E-state index < -0.39 is 0 Å². The lowest BCUT2D eigenvalue weighted by Crippen LogP contribution is -2.46. The van der Waals surface area contributed by atoms with Gasteiger partial charge in [-0.15, -0.1) is 0 Å². The Morgan fingerprint density at radius 3 is 2.44 bits per heavy atom. The van der Waals surface area contributed by atoms with Gasteiger partial charge in [-0.2, -0.15) is 0 Å². The first kappa shape index (κ1) is 11.9. The standard InChI is InChI=1S/C12H23N3O/c1-2-15-7-5-11(6-8-15)14-12(16)9-13-10-3-4-10/h10-11,13H,2-9H2,1H3,(H,14,16). The molecule has 4 nitrogen and oxygen atoms in total. The maximum atomic E-state index is 11.6. The first-order chi connectivity index (χ1) is 7.78. The molecule has 2 N–H and O–H groups in total. The van der Waals surface area contributed by atoms with Crippen molar-refractivity contribution in [3.63, 3.8) is 0 Å². The maximum Gasteiger partial charge on any atom is 0.234 e. The summed E-state index contributed by atoms with van der Waals surface area (Å²) in [6, 6.07) is 1.02. The fourth-order valence-corrected chi connectivity index (χ4v) is 2.20. The quantitative estimate of drug-likeness (QED) is 0.709. The Labute approximate surface area is 97.8 Å². The van der Waals surface area contributed by atoms with E-state index in [4.69, 9.17) is 0 Å². The van der Waals surface area contributed by atoms with Gasteiger partial charge in [0.25, 0.3) is 0 Å². The molecule has 1 saturated carbocycles. The highest BCUT2D eigenvalue weighted by molar-refractivity contribution is 5.78. The molecular formula is C12H23N3O. The van der Waals surface area contributed by atoms with Crippen LogP contribution in [0, 0.1) is 0 Å². The molecule has 0 aromatic heterocycles. The lowest BCUT2D eigenvalue weighted by molar-refractivity contribution is -0.121. The molecule has 0 spiro atoms. The van der Waals surface area contributed by atoms with Gasteiger partial charge in [-0.25, -0.2) is 0 Å². The number of hydrogen-bond acceptors (Lipinski definition) is 3. The van der Waals surface area contributed by atoms with Gasteiger partial charge in [0.15, 0.2) is 0 Å². The Kier molecular flexibility index (Phi) is 4.18. The van der Waals surface area contributed by atoms with E-state index in [0.717, 1.165) is 32.5 Å². The SMILES string of the molecule is CCN1CCC(NC(=O)CNC2CC2)CC1. The minimum Gasteiger partial charge on any atom is -0.352 e. The molecule has 0 aromatic rings. The summed E-state index contributed by atoms with van der Waals surface area (Å²) in [6.45, 7) is 6.07. The van der Waals surface area contributed by atoms with Crippen LogP contribution in [0.1, 0.15) is 32.6 Å². The summed E-state index contributed by atoms with van der Waals surface area (Å²) in [4.78, 5) is 14.0. The first-order valence-electron chi connectivity index (χ1n) is 6.53. The molecule has 1 heterocycles. The molecule has 0 radical (unpaired) electrons. The summed E-state index contributed by atoms with van der Waals surface area (Å²) in [5.41, 5.74) is 0. The first-order valence-corrected chi connectivity index (χ1v) is 6.53. The van der Waals surface area contributed by atoms with Crippen molar-refractivity contribution in [2.24, 2.45) is 0 Å². The van der Waals surface area contributed by atoms with Crippen molar-refractivity contribution < 1.29 is 4.79 Å². The van der Waals surface area contributed by atoms with Crippen LogP contribution in [-0.4, -0.2) is 49.1 Å². The Bertz CT molecular complexity index is 232. The second kappa shape index (κ2) is 5.64. The molecule has 4 heteroatoms.